The van der Waals surface area contributed by atoms with Crippen LogP contribution in [0.5, 0.6) is 0 Å². The van der Waals surface area contributed by atoms with Gasteiger partial charge in [-0.15, -0.1) is 13.2 Å². The van der Waals surface area contributed by atoms with Gasteiger partial charge >= 0.3 is 6.03 Å². The number of rotatable bonds is 15. The quantitative estimate of drug-likeness (QED) is 0.177. The number of fused-ring (bicyclic) bond motifs is 2. The van der Waals surface area contributed by atoms with Gasteiger partial charge in [-0.2, -0.15) is 0 Å². The van der Waals surface area contributed by atoms with Gasteiger partial charge in [0.15, 0.2) is 0 Å². The fraction of sp³-hybridized carbons (Fsp3) is 0.571. The van der Waals surface area contributed by atoms with Gasteiger partial charge < -0.3 is 26.2 Å². The molecule has 1 aliphatic heterocycles. The second-order valence-electron chi connectivity index (χ2n) is 13.2. The Balaban J connectivity index is 1.59. The zero-order valence-corrected chi connectivity index (χ0v) is 27.1. The second kappa shape index (κ2) is 14.4. The van der Waals surface area contributed by atoms with E-state index in [0.29, 0.717) is 25.8 Å². The predicted molar refractivity (Wildman–Crippen MR) is 173 cm³/mol. The number of ketones is 1. The summed E-state index contributed by atoms with van der Waals surface area (Å²) in [7, 11) is 0. The summed E-state index contributed by atoms with van der Waals surface area (Å²) in [6.45, 7) is 15.9. The Kier molecular flexibility index (Phi) is 10.9. The summed E-state index contributed by atoms with van der Waals surface area (Å²) in [6.07, 6.45) is 6.52. The van der Waals surface area contributed by atoms with E-state index >= 15 is 0 Å². The normalized spacial score (nSPS) is 22.4. The van der Waals surface area contributed by atoms with Gasteiger partial charge in [0.25, 0.3) is 5.91 Å². The molecule has 2 aliphatic carbocycles. The van der Waals surface area contributed by atoms with Gasteiger partial charge in [-0.25, -0.2) is 4.79 Å². The Hall–Kier alpha value is -3.95. The lowest BCUT2D eigenvalue weighted by Gasteiger charge is -2.35. The average molecular weight is 620 g/mol. The van der Waals surface area contributed by atoms with Crippen LogP contribution >= 0.6 is 0 Å². The molecule has 45 heavy (non-hydrogen) atoms. The number of piperidine rings is 1. The van der Waals surface area contributed by atoms with E-state index < -0.39 is 41.8 Å². The van der Waals surface area contributed by atoms with Crippen LogP contribution in [0, 0.1) is 23.2 Å². The maximum atomic E-state index is 14.5. The van der Waals surface area contributed by atoms with Gasteiger partial charge in [-0.3, -0.25) is 19.2 Å². The molecular formula is C35H49N5O5. The van der Waals surface area contributed by atoms with E-state index in [9.17, 15) is 24.0 Å². The van der Waals surface area contributed by atoms with Crippen LogP contribution in [0.2, 0.25) is 0 Å². The summed E-state index contributed by atoms with van der Waals surface area (Å²) in [5.41, 5.74) is 2.14. The van der Waals surface area contributed by atoms with E-state index in [-0.39, 0.29) is 48.1 Å². The first-order valence-electron chi connectivity index (χ1n) is 16.3. The molecule has 3 aliphatic rings. The highest BCUT2D eigenvalue weighted by Crippen LogP contribution is 2.65. The van der Waals surface area contributed by atoms with E-state index in [1.165, 1.54) is 6.08 Å². The number of nitrogens with zero attached hydrogens (tertiary/aromatic N) is 1. The van der Waals surface area contributed by atoms with Crippen molar-refractivity contribution in [2.75, 3.05) is 13.1 Å². The Morgan fingerprint density at radius 1 is 0.978 bits per heavy atom. The maximum absolute atomic E-state index is 14.5. The van der Waals surface area contributed by atoms with E-state index in [0.717, 1.165) is 24.0 Å². The van der Waals surface area contributed by atoms with Crippen molar-refractivity contribution in [1.82, 2.24) is 26.2 Å². The largest absolute Gasteiger partial charge is 0.346 e. The minimum atomic E-state index is -1.07. The molecule has 10 nitrogen and oxygen atoms in total. The highest BCUT2D eigenvalue weighted by molar-refractivity contribution is 6.38. The van der Waals surface area contributed by atoms with Crippen molar-refractivity contribution in [3.8, 4) is 0 Å². The van der Waals surface area contributed by atoms with Gasteiger partial charge in [0.05, 0.1) is 6.04 Å². The maximum Gasteiger partial charge on any atom is 0.315 e. The minimum absolute atomic E-state index is 0.0194. The number of amides is 5. The Morgan fingerprint density at radius 3 is 2.20 bits per heavy atom. The van der Waals surface area contributed by atoms with Crippen LogP contribution in [-0.4, -0.2) is 71.7 Å². The summed E-state index contributed by atoms with van der Waals surface area (Å²) < 4.78 is 0. The van der Waals surface area contributed by atoms with Crippen molar-refractivity contribution in [3.05, 3.63) is 60.7 Å². The number of likely N-dealkylation sites (tertiary alicyclic amines) is 1. The van der Waals surface area contributed by atoms with Gasteiger partial charge in [0.2, 0.25) is 17.6 Å². The van der Waals surface area contributed by atoms with Crippen LogP contribution in [0.1, 0.15) is 64.5 Å². The number of hydrogen-bond donors (Lipinski definition) is 4. The molecule has 1 aromatic rings. The minimum Gasteiger partial charge on any atom is -0.346 e. The molecule has 244 valence electrons. The number of urea groups is 1. The first-order chi connectivity index (χ1) is 21.5. The molecule has 0 bridgehead atoms. The molecule has 0 spiro atoms. The SMILES string of the molecule is C=CCCC(NC(=O)C1C2C(CN1C(=O)C(NC(=O)NC(CC)CC)C1Cc3ccccc3C1)C2(C)C)C(=O)C(=O)NCC=C. The number of carbonyl (C=O) groups is 5. The summed E-state index contributed by atoms with van der Waals surface area (Å²) in [4.78, 5) is 68.9. The van der Waals surface area contributed by atoms with Crippen LogP contribution in [0.4, 0.5) is 4.79 Å². The zero-order valence-electron chi connectivity index (χ0n) is 27.1. The van der Waals surface area contributed by atoms with Crippen LogP contribution in [0.25, 0.3) is 0 Å². The molecule has 1 saturated carbocycles. The molecule has 5 atom stereocenters. The molecule has 5 amide bonds. The van der Waals surface area contributed by atoms with Gasteiger partial charge in [0.1, 0.15) is 12.1 Å². The third-order valence-corrected chi connectivity index (χ3v) is 10.1. The lowest BCUT2D eigenvalue weighted by Crippen LogP contribution is -2.60. The summed E-state index contributed by atoms with van der Waals surface area (Å²) >= 11 is 0. The molecular weight excluding hydrogens is 570 g/mol. The van der Waals surface area contributed by atoms with Crippen molar-refractivity contribution in [3.63, 3.8) is 0 Å². The van der Waals surface area contributed by atoms with E-state index in [1.807, 2.05) is 26.0 Å². The van der Waals surface area contributed by atoms with Crippen LogP contribution in [-0.2, 0) is 32.0 Å². The molecule has 0 aromatic heterocycles. The molecule has 2 fully saturated rings. The Labute approximate surface area is 266 Å². The smallest absolute Gasteiger partial charge is 0.315 e. The lowest BCUT2D eigenvalue weighted by atomic mass is 9.93. The molecule has 10 heteroatoms. The Morgan fingerprint density at radius 2 is 1.62 bits per heavy atom. The van der Waals surface area contributed by atoms with E-state index in [1.54, 1.807) is 11.0 Å². The van der Waals surface area contributed by atoms with Crippen molar-refractivity contribution < 1.29 is 24.0 Å². The summed E-state index contributed by atoms with van der Waals surface area (Å²) in [5.74, 6) is -2.49. The second-order valence-corrected chi connectivity index (χ2v) is 13.2. The number of hydrogen-bond acceptors (Lipinski definition) is 5. The third kappa shape index (κ3) is 7.31. The topological polar surface area (TPSA) is 137 Å². The number of Topliss-reactive ketones (excluding diaryl/α,β-unsaturated/α-hetero) is 1. The van der Waals surface area contributed by atoms with Crippen molar-refractivity contribution >= 4 is 29.5 Å². The number of nitrogens with one attached hydrogen (secondary N) is 4. The fourth-order valence-corrected chi connectivity index (χ4v) is 7.28. The average Bonchev–Trinajstić information content (AvgIpc) is 3.39. The number of allylic oxidation sites excluding steroid dienone is 1. The van der Waals surface area contributed by atoms with Gasteiger partial charge in [-0.05, 0) is 72.8 Å². The molecule has 1 aromatic carbocycles. The highest BCUT2D eigenvalue weighted by Gasteiger charge is 2.69. The van der Waals surface area contributed by atoms with E-state index in [4.69, 9.17) is 0 Å². The molecule has 1 heterocycles. The van der Waals surface area contributed by atoms with Crippen molar-refractivity contribution in [1.29, 1.82) is 0 Å². The zero-order chi connectivity index (χ0) is 32.9. The van der Waals surface area contributed by atoms with Crippen LogP contribution in [0.15, 0.2) is 49.6 Å². The molecule has 4 rings (SSSR count). The molecule has 1 saturated heterocycles. The molecule has 4 N–H and O–H groups in total. The van der Waals surface area contributed by atoms with Crippen molar-refractivity contribution in [2.45, 2.75) is 90.4 Å². The Bertz CT molecular complexity index is 1300. The molecule has 0 radical (unpaired) electrons. The predicted octanol–water partition coefficient (Wildman–Crippen LogP) is 3.06. The van der Waals surface area contributed by atoms with Crippen molar-refractivity contribution in [2.24, 2.45) is 23.2 Å². The highest BCUT2D eigenvalue weighted by atomic mass is 16.2. The van der Waals surface area contributed by atoms with Gasteiger partial charge in [-0.1, -0.05) is 64.1 Å². The standard InChI is InChI=1S/C35H49N5O5/c1-7-11-16-26(30(41)32(43)36-17-8-2)38-31(42)29-27-25(35(27,5)6)20-40(29)33(44)28(39-34(45)37-24(9-3)10-4)23-18-21-14-12-13-15-22(21)19-23/h7-8,12-15,23-29H,1-2,9-11,16-20H2,3-6H3,(H,36,43)(H,38,42)(H2,37,39,45). The number of benzene rings is 1. The van der Waals surface area contributed by atoms with Gasteiger partial charge in [0, 0.05) is 19.1 Å². The summed E-state index contributed by atoms with van der Waals surface area (Å²) in [6, 6.07) is 4.90. The summed E-state index contributed by atoms with van der Waals surface area (Å²) in [5, 5.41) is 11.3. The molecule has 5 unspecified atom stereocenters. The number of carbonyl (C=O) groups excluding carboxylic acids is 5. The first-order valence-corrected chi connectivity index (χ1v) is 16.3. The third-order valence-electron chi connectivity index (χ3n) is 10.1. The monoisotopic (exact) mass is 619 g/mol. The fourth-order valence-electron chi connectivity index (χ4n) is 7.28. The first kappa shape index (κ1) is 33.9. The lowest BCUT2D eigenvalue weighted by molar-refractivity contribution is -0.144. The van der Waals surface area contributed by atoms with Crippen LogP contribution in [0.3, 0.4) is 0 Å². The van der Waals surface area contributed by atoms with Crippen LogP contribution < -0.4 is 21.3 Å². The van der Waals surface area contributed by atoms with E-state index in [2.05, 4.69) is 60.4 Å².